The van der Waals surface area contributed by atoms with Crippen molar-refractivity contribution in [1.29, 1.82) is 0 Å². The molecule has 6 heteroatoms. The summed E-state index contributed by atoms with van der Waals surface area (Å²) in [4.78, 5) is 11.2. The van der Waals surface area contributed by atoms with Crippen molar-refractivity contribution in [2.75, 3.05) is 38.3 Å². The Bertz CT molecular complexity index is 642. The smallest absolute Gasteiger partial charge is 0.229 e. The molecule has 1 aromatic carbocycles. The molecule has 0 aliphatic carbocycles. The number of methoxy groups -OCH3 is 1. The van der Waals surface area contributed by atoms with Crippen molar-refractivity contribution in [1.82, 2.24) is 9.97 Å². The van der Waals surface area contributed by atoms with E-state index in [1.807, 2.05) is 19.1 Å². The van der Waals surface area contributed by atoms with E-state index in [2.05, 4.69) is 14.9 Å². The van der Waals surface area contributed by atoms with Crippen LogP contribution in [0.3, 0.4) is 0 Å². The summed E-state index contributed by atoms with van der Waals surface area (Å²) in [5.74, 6) is 1.20. The predicted molar refractivity (Wildman–Crippen MR) is 78.9 cm³/mol. The lowest BCUT2D eigenvalue weighted by Crippen LogP contribution is -2.37. The maximum absolute atomic E-state index is 6.38. The van der Waals surface area contributed by atoms with Gasteiger partial charge in [0.05, 0.1) is 36.2 Å². The Hall–Kier alpha value is -1.59. The molecular weight excluding hydrogens is 278 g/mol. The lowest BCUT2D eigenvalue weighted by Gasteiger charge is -2.27. The highest BCUT2D eigenvalue weighted by Gasteiger charge is 2.18. The van der Waals surface area contributed by atoms with Crippen molar-refractivity contribution in [2.45, 2.75) is 6.92 Å². The lowest BCUT2D eigenvalue weighted by molar-refractivity contribution is 0.122. The Morgan fingerprint density at radius 2 is 2.00 bits per heavy atom. The van der Waals surface area contributed by atoms with Crippen molar-refractivity contribution in [3.05, 3.63) is 22.7 Å². The van der Waals surface area contributed by atoms with Gasteiger partial charge in [-0.25, -0.2) is 4.98 Å². The molecule has 0 radical (unpaired) electrons. The number of aryl methyl sites for hydroxylation is 1. The summed E-state index contributed by atoms with van der Waals surface area (Å²) in [7, 11) is 1.61. The number of benzene rings is 1. The van der Waals surface area contributed by atoms with Gasteiger partial charge in [0.1, 0.15) is 0 Å². The van der Waals surface area contributed by atoms with Crippen molar-refractivity contribution >= 4 is 28.5 Å². The monoisotopic (exact) mass is 293 g/mol. The zero-order valence-electron chi connectivity index (χ0n) is 11.5. The number of nitrogens with zero attached hydrogens (tertiary/aromatic N) is 3. The molecule has 0 atom stereocenters. The number of halogens is 1. The molecule has 1 saturated heterocycles. The molecule has 106 valence electrons. The number of hydrogen-bond acceptors (Lipinski definition) is 5. The zero-order valence-corrected chi connectivity index (χ0v) is 12.3. The van der Waals surface area contributed by atoms with Gasteiger partial charge in [0.2, 0.25) is 11.8 Å². The minimum Gasteiger partial charge on any atom is -0.480 e. The van der Waals surface area contributed by atoms with Crippen molar-refractivity contribution in [3.8, 4) is 5.88 Å². The molecule has 0 saturated carbocycles. The molecular formula is C14H16ClN3O2. The van der Waals surface area contributed by atoms with Crippen LogP contribution in [0.15, 0.2) is 12.1 Å². The average molecular weight is 294 g/mol. The maximum atomic E-state index is 6.38. The summed E-state index contributed by atoms with van der Waals surface area (Å²) < 4.78 is 10.7. The third-order valence-corrected chi connectivity index (χ3v) is 3.92. The number of aromatic nitrogens is 2. The molecule has 2 aromatic rings. The number of morpholine rings is 1. The molecule has 1 fully saturated rings. The van der Waals surface area contributed by atoms with Gasteiger partial charge in [0.15, 0.2) is 0 Å². The molecule has 1 aromatic heterocycles. The van der Waals surface area contributed by atoms with Gasteiger partial charge < -0.3 is 14.4 Å². The molecule has 0 amide bonds. The number of anilines is 1. The summed E-state index contributed by atoms with van der Waals surface area (Å²) in [5, 5.41) is 1.48. The Morgan fingerprint density at radius 3 is 2.70 bits per heavy atom. The van der Waals surface area contributed by atoms with Crippen LogP contribution in [0.4, 0.5) is 5.95 Å². The minimum absolute atomic E-state index is 0.554. The normalized spacial score (nSPS) is 15.7. The second-order valence-corrected chi connectivity index (χ2v) is 5.10. The van der Waals surface area contributed by atoms with Crippen LogP contribution in [0.5, 0.6) is 5.88 Å². The predicted octanol–water partition coefficient (Wildman–Crippen LogP) is 2.44. The fraction of sp³-hybridized carbons (Fsp3) is 0.429. The Labute approximate surface area is 122 Å². The first-order valence-corrected chi connectivity index (χ1v) is 6.92. The molecule has 1 aliphatic rings. The van der Waals surface area contributed by atoms with Crippen molar-refractivity contribution in [2.24, 2.45) is 0 Å². The van der Waals surface area contributed by atoms with E-state index in [-0.39, 0.29) is 0 Å². The van der Waals surface area contributed by atoms with Gasteiger partial charge in [-0.1, -0.05) is 17.7 Å². The van der Waals surface area contributed by atoms with E-state index >= 15 is 0 Å². The highest BCUT2D eigenvalue weighted by Crippen LogP contribution is 2.32. The van der Waals surface area contributed by atoms with Crippen LogP contribution < -0.4 is 9.64 Å². The molecule has 5 nitrogen and oxygen atoms in total. The third kappa shape index (κ3) is 2.27. The molecule has 2 heterocycles. The quantitative estimate of drug-likeness (QED) is 0.851. The first-order chi connectivity index (χ1) is 9.70. The van der Waals surface area contributed by atoms with E-state index in [0.717, 1.165) is 29.6 Å². The highest BCUT2D eigenvalue weighted by molar-refractivity contribution is 6.36. The second-order valence-electron chi connectivity index (χ2n) is 4.72. The van der Waals surface area contributed by atoms with Crippen LogP contribution in [-0.4, -0.2) is 43.4 Å². The van der Waals surface area contributed by atoms with E-state index in [1.165, 1.54) is 0 Å². The second kappa shape index (κ2) is 5.42. The summed E-state index contributed by atoms with van der Waals surface area (Å²) in [6.07, 6.45) is 0. The van der Waals surface area contributed by atoms with Crippen molar-refractivity contribution in [3.63, 3.8) is 0 Å². The SMILES string of the molecule is COc1nc(N2CCOCC2)nc2c(Cl)c(C)ccc12. The van der Waals surface area contributed by atoms with E-state index in [9.17, 15) is 0 Å². The molecule has 20 heavy (non-hydrogen) atoms. The maximum Gasteiger partial charge on any atom is 0.229 e. The zero-order chi connectivity index (χ0) is 14.1. The largest absolute Gasteiger partial charge is 0.480 e. The average Bonchev–Trinajstić information content (AvgIpc) is 2.51. The summed E-state index contributed by atoms with van der Waals surface area (Å²) in [6.45, 7) is 4.89. The summed E-state index contributed by atoms with van der Waals surface area (Å²) in [6, 6.07) is 3.89. The van der Waals surface area contributed by atoms with Crippen LogP contribution in [0.25, 0.3) is 10.9 Å². The van der Waals surface area contributed by atoms with Gasteiger partial charge in [-0.05, 0) is 18.6 Å². The van der Waals surface area contributed by atoms with E-state index in [4.69, 9.17) is 21.1 Å². The van der Waals surface area contributed by atoms with Gasteiger partial charge in [0.25, 0.3) is 0 Å². The van der Waals surface area contributed by atoms with Crippen molar-refractivity contribution < 1.29 is 9.47 Å². The lowest BCUT2D eigenvalue weighted by atomic mass is 10.1. The topological polar surface area (TPSA) is 47.5 Å². The van der Waals surface area contributed by atoms with Crippen LogP contribution in [0, 0.1) is 6.92 Å². The number of ether oxygens (including phenoxy) is 2. The van der Waals surface area contributed by atoms with E-state index < -0.39 is 0 Å². The van der Waals surface area contributed by atoms with Gasteiger partial charge >= 0.3 is 0 Å². The van der Waals surface area contributed by atoms with Gasteiger partial charge in [-0.2, -0.15) is 4.98 Å². The highest BCUT2D eigenvalue weighted by atomic mass is 35.5. The van der Waals surface area contributed by atoms with Crippen LogP contribution in [0.1, 0.15) is 5.56 Å². The number of hydrogen-bond donors (Lipinski definition) is 0. The first kappa shape index (κ1) is 13.4. The fourth-order valence-electron chi connectivity index (χ4n) is 2.28. The minimum atomic E-state index is 0.554. The number of rotatable bonds is 2. The van der Waals surface area contributed by atoms with Gasteiger partial charge in [0, 0.05) is 13.1 Å². The van der Waals surface area contributed by atoms with E-state index in [1.54, 1.807) is 7.11 Å². The standard InChI is InChI=1S/C14H16ClN3O2/c1-9-3-4-10-12(11(9)15)16-14(17-13(10)19-2)18-5-7-20-8-6-18/h3-4H,5-8H2,1-2H3. The Morgan fingerprint density at radius 1 is 1.25 bits per heavy atom. The van der Waals surface area contributed by atoms with E-state index in [0.29, 0.717) is 30.1 Å². The summed E-state index contributed by atoms with van der Waals surface area (Å²) >= 11 is 6.38. The Balaban J connectivity index is 2.16. The summed E-state index contributed by atoms with van der Waals surface area (Å²) in [5.41, 5.74) is 1.73. The Kier molecular flexibility index (Phi) is 3.63. The first-order valence-electron chi connectivity index (χ1n) is 6.54. The van der Waals surface area contributed by atoms with Gasteiger partial charge in [-0.3, -0.25) is 0 Å². The fourth-order valence-corrected chi connectivity index (χ4v) is 2.49. The molecule has 0 bridgehead atoms. The molecule has 0 N–H and O–H groups in total. The van der Waals surface area contributed by atoms with Crippen LogP contribution in [0.2, 0.25) is 5.02 Å². The molecule has 3 rings (SSSR count). The van der Waals surface area contributed by atoms with Gasteiger partial charge in [-0.15, -0.1) is 0 Å². The molecule has 0 unspecified atom stereocenters. The molecule has 0 spiro atoms. The third-order valence-electron chi connectivity index (χ3n) is 3.44. The van der Waals surface area contributed by atoms with Crippen LogP contribution >= 0.6 is 11.6 Å². The molecule has 1 aliphatic heterocycles. The van der Waals surface area contributed by atoms with Crippen LogP contribution in [-0.2, 0) is 4.74 Å². The number of fused-ring (bicyclic) bond motifs is 1.